The number of hydrogen-bond donors (Lipinski definition) is 0. The maximum atomic E-state index is 11.1. The van der Waals surface area contributed by atoms with E-state index in [0.717, 1.165) is 5.56 Å². The summed E-state index contributed by atoms with van der Waals surface area (Å²) in [5, 5.41) is 0. The van der Waals surface area contributed by atoms with Crippen molar-refractivity contribution in [2.24, 2.45) is 0 Å². The molecule has 6 heteroatoms. The maximum Gasteiger partial charge on any atom is 0.332 e. The van der Waals surface area contributed by atoms with Gasteiger partial charge in [0.1, 0.15) is 6.61 Å². The third-order valence-electron chi connectivity index (χ3n) is 3.51. The molecule has 0 bridgehead atoms. The van der Waals surface area contributed by atoms with Crippen LogP contribution in [-0.4, -0.2) is 57.8 Å². The predicted molar refractivity (Wildman–Crippen MR) is 94.4 cm³/mol. The Labute approximate surface area is 150 Å². The summed E-state index contributed by atoms with van der Waals surface area (Å²) in [6.45, 7) is 8.36. The minimum Gasteiger partial charge on any atom is -0.464 e. The second-order valence-corrected chi connectivity index (χ2v) is 5.55. The fourth-order valence-electron chi connectivity index (χ4n) is 1.98. The van der Waals surface area contributed by atoms with Gasteiger partial charge in [-0.3, -0.25) is 0 Å². The smallest absolute Gasteiger partial charge is 0.332 e. The molecule has 1 rings (SSSR count). The van der Waals surface area contributed by atoms with Crippen molar-refractivity contribution >= 4 is 5.97 Å². The fraction of sp³-hybridized carbons (Fsp3) is 0.632. The van der Waals surface area contributed by atoms with Gasteiger partial charge in [0, 0.05) is 0 Å². The Bertz CT molecular complexity index is 450. The van der Waals surface area contributed by atoms with Crippen molar-refractivity contribution in [2.45, 2.75) is 39.6 Å². The number of carbonyl (C=O) groups is 1. The third-order valence-corrected chi connectivity index (χ3v) is 3.51. The molecule has 0 saturated heterocycles. The van der Waals surface area contributed by atoms with Crippen molar-refractivity contribution in [1.29, 1.82) is 0 Å². The van der Waals surface area contributed by atoms with Crippen LogP contribution in [0.3, 0.4) is 0 Å². The van der Waals surface area contributed by atoms with Gasteiger partial charge in [-0.1, -0.05) is 30.3 Å². The van der Waals surface area contributed by atoms with Crippen molar-refractivity contribution in [3.05, 3.63) is 35.9 Å². The molecule has 0 aliphatic rings. The summed E-state index contributed by atoms with van der Waals surface area (Å²) < 4.78 is 26.8. The van der Waals surface area contributed by atoms with Crippen LogP contribution < -0.4 is 0 Å². The van der Waals surface area contributed by atoms with Crippen LogP contribution in [0.1, 0.15) is 26.3 Å². The molecule has 0 N–H and O–H groups in total. The Balaban J connectivity index is 1.98. The van der Waals surface area contributed by atoms with Gasteiger partial charge in [0.15, 0.2) is 0 Å². The molecule has 1 aromatic rings. The van der Waals surface area contributed by atoms with Gasteiger partial charge in [-0.25, -0.2) is 4.79 Å². The number of ether oxygens (including phenoxy) is 5. The van der Waals surface area contributed by atoms with Gasteiger partial charge in [-0.2, -0.15) is 0 Å². The number of benzene rings is 1. The summed E-state index contributed by atoms with van der Waals surface area (Å²) in [7, 11) is 0. The van der Waals surface area contributed by atoms with Gasteiger partial charge in [0.05, 0.1) is 51.8 Å². The molecule has 25 heavy (non-hydrogen) atoms. The van der Waals surface area contributed by atoms with E-state index in [-0.39, 0.29) is 24.8 Å². The van der Waals surface area contributed by atoms with Crippen molar-refractivity contribution in [3.8, 4) is 0 Å². The van der Waals surface area contributed by atoms with Crippen LogP contribution in [0.15, 0.2) is 30.3 Å². The van der Waals surface area contributed by atoms with Crippen LogP contribution in [0.25, 0.3) is 0 Å². The van der Waals surface area contributed by atoms with Crippen molar-refractivity contribution in [3.63, 3.8) is 0 Å². The molecule has 6 nitrogen and oxygen atoms in total. The summed E-state index contributed by atoms with van der Waals surface area (Å²) in [6.07, 6.45) is -0.120. The number of esters is 1. The predicted octanol–water partition coefficient (Wildman–Crippen LogP) is 2.59. The van der Waals surface area contributed by atoms with E-state index in [1.807, 2.05) is 44.2 Å². The van der Waals surface area contributed by atoms with E-state index in [4.69, 9.17) is 23.7 Å². The van der Waals surface area contributed by atoms with Gasteiger partial charge in [-0.05, 0) is 26.3 Å². The van der Waals surface area contributed by atoms with E-state index >= 15 is 0 Å². The molecule has 1 aromatic carbocycles. The second kappa shape index (κ2) is 13.8. The zero-order valence-corrected chi connectivity index (χ0v) is 15.4. The highest BCUT2D eigenvalue weighted by Crippen LogP contribution is 2.04. The average molecular weight is 354 g/mol. The highest BCUT2D eigenvalue weighted by Gasteiger charge is 2.13. The molecule has 0 aliphatic heterocycles. The minimum absolute atomic E-state index is 0.0453. The lowest BCUT2D eigenvalue weighted by atomic mass is 10.2. The molecule has 142 valence electrons. The summed E-state index contributed by atoms with van der Waals surface area (Å²) >= 11 is 0. The summed E-state index contributed by atoms with van der Waals surface area (Å²) in [5.41, 5.74) is 1.15. The summed E-state index contributed by atoms with van der Waals surface area (Å²) in [4.78, 5) is 11.1. The van der Waals surface area contributed by atoms with Crippen molar-refractivity contribution < 1.29 is 28.5 Å². The number of hydrogen-bond acceptors (Lipinski definition) is 6. The highest BCUT2D eigenvalue weighted by atomic mass is 16.6. The standard InChI is InChI=1S/C19H30O6/c1-4-23-19(20)15-22-11-13-25-17(3)16(2)24-12-10-21-14-18-8-6-5-7-9-18/h5-9,16-17H,4,10-15H2,1-3H3/t16-,17-/m0/s1. The van der Waals surface area contributed by atoms with Gasteiger partial charge in [0.2, 0.25) is 0 Å². The van der Waals surface area contributed by atoms with Crippen LogP contribution in [0.5, 0.6) is 0 Å². The Hall–Kier alpha value is -1.47. The first kappa shape index (κ1) is 21.6. The molecule has 0 amide bonds. The largest absolute Gasteiger partial charge is 0.464 e. The molecule has 0 fully saturated rings. The summed E-state index contributed by atoms with van der Waals surface area (Å²) in [5.74, 6) is -0.359. The molecule has 0 saturated carbocycles. The van der Waals surface area contributed by atoms with E-state index in [9.17, 15) is 4.79 Å². The highest BCUT2D eigenvalue weighted by molar-refractivity contribution is 5.70. The van der Waals surface area contributed by atoms with E-state index in [1.165, 1.54) is 0 Å². The topological polar surface area (TPSA) is 63.2 Å². The molecular formula is C19H30O6. The van der Waals surface area contributed by atoms with Crippen molar-refractivity contribution in [2.75, 3.05) is 39.6 Å². The summed E-state index contributed by atoms with van der Waals surface area (Å²) in [6, 6.07) is 10.0. The van der Waals surface area contributed by atoms with Gasteiger partial charge >= 0.3 is 5.97 Å². The minimum atomic E-state index is -0.359. The Morgan fingerprint density at radius 3 is 2.12 bits per heavy atom. The Kier molecular flexibility index (Phi) is 11.9. The quantitative estimate of drug-likeness (QED) is 0.378. The lowest BCUT2D eigenvalue weighted by Gasteiger charge is -2.21. The SMILES string of the molecule is CCOC(=O)COCCO[C@@H](C)[C@H](C)OCCOCc1ccccc1. The van der Waals surface area contributed by atoms with Gasteiger partial charge in [-0.15, -0.1) is 0 Å². The van der Waals surface area contributed by atoms with Crippen LogP contribution in [-0.2, 0) is 35.1 Å². The molecule has 0 aliphatic carbocycles. The first-order chi connectivity index (χ1) is 12.1. The molecule has 0 radical (unpaired) electrons. The zero-order valence-electron chi connectivity index (χ0n) is 15.4. The average Bonchev–Trinajstić information content (AvgIpc) is 2.62. The Morgan fingerprint density at radius 1 is 0.920 bits per heavy atom. The van der Waals surface area contributed by atoms with E-state index in [2.05, 4.69) is 0 Å². The van der Waals surface area contributed by atoms with Gasteiger partial charge < -0.3 is 23.7 Å². The van der Waals surface area contributed by atoms with E-state index in [1.54, 1.807) is 6.92 Å². The molecule has 0 unspecified atom stereocenters. The first-order valence-corrected chi connectivity index (χ1v) is 8.71. The molecular weight excluding hydrogens is 324 g/mol. The van der Waals surface area contributed by atoms with Crippen LogP contribution >= 0.6 is 0 Å². The Morgan fingerprint density at radius 2 is 1.52 bits per heavy atom. The van der Waals surface area contributed by atoms with Gasteiger partial charge in [0.25, 0.3) is 0 Å². The molecule has 0 spiro atoms. The van der Waals surface area contributed by atoms with Crippen LogP contribution in [0, 0.1) is 0 Å². The van der Waals surface area contributed by atoms with Crippen molar-refractivity contribution in [1.82, 2.24) is 0 Å². The van der Waals surface area contributed by atoms with Crippen LogP contribution in [0.2, 0.25) is 0 Å². The molecule has 0 aromatic heterocycles. The monoisotopic (exact) mass is 354 g/mol. The second-order valence-electron chi connectivity index (χ2n) is 5.55. The first-order valence-electron chi connectivity index (χ1n) is 8.71. The molecule has 0 heterocycles. The number of rotatable bonds is 14. The maximum absolute atomic E-state index is 11.1. The van der Waals surface area contributed by atoms with E-state index in [0.29, 0.717) is 39.6 Å². The molecule has 2 atom stereocenters. The van der Waals surface area contributed by atoms with E-state index < -0.39 is 0 Å². The third kappa shape index (κ3) is 10.9. The fourth-order valence-corrected chi connectivity index (χ4v) is 1.98. The normalized spacial score (nSPS) is 13.4. The lowest BCUT2D eigenvalue weighted by molar-refractivity contribution is -0.149. The lowest BCUT2D eigenvalue weighted by Crippen LogP contribution is -2.29. The van der Waals surface area contributed by atoms with Crippen LogP contribution in [0.4, 0.5) is 0 Å². The zero-order chi connectivity index (χ0) is 18.3. The number of carbonyl (C=O) groups excluding carboxylic acids is 1.